The number of hydrogen-bond acceptors (Lipinski definition) is 0. The number of rotatable bonds is 9. The maximum atomic E-state index is 13.7. The average molecular weight is 1890 g/mol. The minimum atomic E-state index is -5.53. The molecule has 0 heterocycles. The summed E-state index contributed by atoms with van der Waals surface area (Å²) in [4.78, 5) is 0. The lowest BCUT2D eigenvalue weighted by Gasteiger charge is -2.38. The van der Waals surface area contributed by atoms with Crippen molar-refractivity contribution in [1.82, 2.24) is 0 Å². The number of alkyl halides is 6. The predicted octanol–water partition coefficient (Wildman–Crippen LogP) is 37.2. The lowest BCUT2D eigenvalue weighted by atomic mass is 9.72. The second-order valence-electron chi connectivity index (χ2n) is 35.0. The van der Waals surface area contributed by atoms with Gasteiger partial charge in [-0.05, 0) is 216 Å². The summed E-state index contributed by atoms with van der Waals surface area (Å²) >= 11 is 23.5. The summed E-state index contributed by atoms with van der Waals surface area (Å²) in [5, 5.41) is 1.90. The molecule has 0 aliphatic heterocycles. The molecule has 0 unspecified atom stereocenters. The first-order chi connectivity index (χ1) is 62.4. The molecule has 15 aromatic carbocycles. The molecule has 0 aliphatic carbocycles. The van der Waals surface area contributed by atoms with Gasteiger partial charge in [0.15, 0.2) is 23.3 Å². The van der Waals surface area contributed by atoms with E-state index in [-0.39, 0.29) is 10.8 Å². The van der Waals surface area contributed by atoms with Crippen molar-refractivity contribution in [1.29, 1.82) is 0 Å². The summed E-state index contributed by atoms with van der Waals surface area (Å²) in [7, 11) is 0. The van der Waals surface area contributed by atoms with Gasteiger partial charge >= 0.3 is 12.4 Å². The fraction of sp³-hybridized carbons (Fsp3) is 0.244. The molecule has 0 aliphatic rings. The number of halogens is 14. The first kappa shape index (κ1) is 111. The van der Waals surface area contributed by atoms with E-state index in [9.17, 15) is 43.9 Å². The van der Waals surface area contributed by atoms with Crippen molar-refractivity contribution in [2.45, 2.75) is 194 Å². The summed E-state index contributed by atoms with van der Waals surface area (Å²) in [6.45, 7) is 45.4. The highest BCUT2D eigenvalue weighted by molar-refractivity contribution is 6.48. The quantitative estimate of drug-likeness (QED) is 0.0998. The van der Waals surface area contributed by atoms with Crippen LogP contribution < -0.4 is 0 Å². The molecule has 0 fully saturated rings. The zero-order valence-electron chi connectivity index (χ0n) is 80.6. The van der Waals surface area contributed by atoms with Crippen molar-refractivity contribution in [2.75, 3.05) is 0 Å². The highest BCUT2D eigenvalue weighted by Gasteiger charge is 2.72. The van der Waals surface area contributed by atoms with Crippen LogP contribution in [-0.4, -0.2) is 12.4 Å². The molecule has 0 nitrogen and oxygen atoms in total. The molecule has 14 heteroatoms. The highest BCUT2D eigenvalue weighted by Crippen LogP contribution is 2.56. The molecule has 0 amide bonds. The van der Waals surface area contributed by atoms with Crippen molar-refractivity contribution < 1.29 is 43.9 Å². The van der Waals surface area contributed by atoms with E-state index in [1.54, 1.807) is 27.7 Å². The van der Waals surface area contributed by atoms with Crippen LogP contribution in [0.25, 0.3) is 11.1 Å². The Kier molecular flexibility index (Phi) is 42.6. The van der Waals surface area contributed by atoms with E-state index < -0.39 is 63.3 Å². The van der Waals surface area contributed by atoms with E-state index in [0.29, 0.717) is 31.2 Å². The van der Waals surface area contributed by atoms with Crippen LogP contribution in [0.1, 0.15) is 178 Å². The number of hydrogen-bond donors (Lipinski definition) is 0. The maximum Gasteiger partial charge on any atom is 0.411 e. The van der Waals surface area contributed by atoms with Crippen LogP contribution in [0.3, 0.4) is 0 Å². The van der Waals surface area contributed by atoms with Crippen molar-refractivity contribution >= 4 is 46.4 Å². The second kappa shape index (κ2) is 51.3. The minimum absolute atomic E-state index is 0.0692. The summed E-state index contributed by atoms with van der Waals surface area (Å²) in [6, 6.07) is 106. The summed E-state index contributed by atoms with van der Waals surface area (Å²) in [5.41, 5.74) is 23.8. The molecule has 0 spiro atoms. The van der Waals surface area contributed by atoms with E-state index in [4.69, 9.17) is 46.4 Å². The van der Waals surface area contributed by atoms with E-state index in [0.717, 1.165) is 55.7 Å². The highest BCUT2D eigenvalue weighted by atomic mass is 35.5. The van der Waals surface area contributed by atoms with Crippen LogP contribution in [0.2, 0.25) is 20.1 Å². The Balaban J connectivity index is 0.000000231. The van der Waals surface area contributed by atoms with Gasteiger partial charge in [-0.2, -0.15) is 26.3 Å². The van der Waals surface area contributed by atoms with Crippen LogP contribution in [0.4, 0.5) is 43.9 Å². The van der Waals surface area contributed by atoms with E-state index >= 15 is 0 Å². The molecule has 0 aromatic heterocycles. The number of benzene rings is 15. The van der Waals surface area contributed by atoms with Crippen LogP contribution >= 0.6 is 46.4 Å². The van der Waals surface area contributed by atoms with Crippen LogP contribution in [0.15, 0.2) is 322 Å². The van der Waals surface area contributed by atoms with E-state index in [2.05, 4.69) is 391 Å². The predicted molar refractivity (Wildman–Crippen MR) is 545 cm³/mol. The average Bonchev–Trinajstić information content (AvgIpc) is 0.715. The first-order valence-corrected chi connectivity index (χ1v) is 45.4. The Morgan fingerprint density at radius 1 is 0.203 bits per heavy atom. The zero-order valence-corrected chi connectivity index (χ0v) is 83.6. The monoisotopic (exact) mass is 1880 g/mol. The molecular formula is C119H124Cl4F10. The second-order valence-corrected chi connectivity index (χ2v) is 36.5. The van der Waals surface area contributed by atoms with Gasteiger partial charge in [0.2, 0.25) is 5.41 Å². The Hall–Kier alpha value is -11.2. The van der Waals surface area contributed by atoms with Crippen LogP contribution in [0.5, 0.6) is 0 Å². The fourth-order valence-corrected chi connectivity index (χ4v) is 14.7. The van der Waals surface area contributed by atoms with Crippen molar-refractivity contribution in [2.24, 2.45) is 0 Å². The topological polar surface area (TPSA) is 0 Å². The SMILES string of the molecule is Cc1c(Cl)c(Cl)c(C)c(Cl)c1Cl.Cc1c(F)c(F)c(C)c(F)c1F.Cc1ccc(-c2ccc(C)cc2)cc1.Cc1ccc(C(C)(C)c2ccc(C)cc2)cc1.Cc1ccc(C(C)(C)c2cccc(C)c2)cc1.Cc1ccc(C(c2ccc(C)cc2)(C(F)(F)F)C(F)(F)F)cc1.Cc1ccc(C)cc1.Cc1ccc(Cc2ccccc2)cc1.Cc1cccc(C)c1.Cc1ccccc1C. The Morgan fingerprint density at radius 3 is 0.669 bits per heavy atom. The third kappa shape index (κ3) is 32.8. The molecule has 0 saturated carbocycles. The molecule has 0 bridgehead atoms. The summed E-state index contributed by atoms with van der Waals surface area (Å²) in [6.07, 6.45) is -10.0. The van der Waals surface area contributed by atoms with E-state index in [1.807, 2.05) is 0 Å². The zero-order chi connectivity index (χ0) is 99.0. The number of aryl methyl sites for hydroxylation is 15. The van der Waals surface area contributed by atoms with Gasteiger partial charge in [0.1, 0.15) is 0 Å². The summed E-state index contributed by atoms with van der Waals surface area (Å²) < 4.78 is 133. The largest absolute Gasteiger partial charge is 0.411 e. The Morgan fingerprint density at radius 2 is 0.421 bits per heavy atom. The van der Waals surface area contributed by atoms with Gasteiger partial charge in [-0.1, -0.05) is 468 Å². The minimum Gasteiger partial charge on any atom is -0.203 e. The molecule has 0 radical (unpaired) electrons. The van der Waals surface area contributed by atoms with Crippen molar-refractivity contribution in [3.8, 4) is 11.1 Å². The fourth-order valence-electron chi connectivity index (χ4n) is 13.7. The lowest BCUT2D eigenvalue weighted by Crippen LogP contribution is -2.54. The molecule has 133 heavy (non-hydrogen) atoms. The van der Waals surface area contributed by atoms with Crippen molar-refractivity contribution in [3.63, 3.8) is 0 Å². The smallest absolute Gasteiger partial charge is 0.203 e. The standard InChI is InChI=1S/C17H14F6.2C17H20.2C14H14.C8H6Cl4.C8H6F4.3C8H10/c1-11-3-7-13(8-4-11)15(16(18,19)20,17(21,22)23)14-9-5-12(2)6-10-14;1-13-5-9-15(10-6-13)17(3,4)16-11-7-14(2)8-12-16;1-13-8-10-15(11-9-13)17(3,4)16-7-5-6-14(2)12-16;1-11-3-7-13(8-4-11)14-9-5-12(2)6-10-14;1-12-7-9-14(10-8-12)11-13-5-3-2-4-6-13;2*1-3-5(9)7(11)4(2)8(12)6(3)10;1-7-3-5-8(2)6-4-7;1-7-4-3-5-8(2)6-7;1-7-5-3-4-6-8(7)2/h3-10H,1-2H3;2*5-12H,1-4H3;3-10H,1-2H3;2-10H,11H2,1H3;2*1-2H3;3*3-6H,1-2H3. The Labute approximate surface area is 805 Å². The maximum absolute atomic E-state index is 13.7. The van der Waals surface area contributed by atoms with Crippen molar-refractivity contribution in [3.05, 3.63) is 515 Å². The van der Waals surface area contributed by atoms with E-state index in [1.165, 1.54) is 141 Å². The van der Waals surface area contributed by atoms with Gasteiger partial charge in [-0.15, -0.1) is 0 Å². The molecule has 0 saturated heterocycles. The van der Waals surface area contributed by atoms with Gasteiger partial charge in [-0.25, -0.2) is 17.6 Å². The molecular weight excluding hydrogens is 1760 g/mol. The van der Waals surface area contributed by atoms with Gasteiger partial charge < -0.3 is 0 Å². The summed E-state index contributed by atoms with van der Waals surface area (Å²) in [5.74, 6) is -5.31. The van der Waals surface area contributed by atoms with Gasteiger partial charge in [0.05, 0.1) is 20.1 Å². The first-order valence-electron chi connectivity index (χ1n) is 43.9. The third-order valence-corrected chi connectivity index (χ3v) is 25.0. The van der Waals surface area contributed by atoms with Gasteiger partial charge in [0.25, 0.3) is 0 Å². The molecule has 15 aromatic rings. The molecule has 698 valence electrons. The Bertz CT molecular complexity index is 5610. The molecule has 0 atom stereocenters. The normalized spacial score (nSPS) is 10.9. The van der Waals surface area contributed by atoms with Gasteiger partial charge in [-0.3, -0.25) is 0 Å². The van der Waals surface area contributed by atoms with Gasteiger partial charge in [0, 0.05) is 22.0 Å². The lowest BCUT2D eigenvalue weighted by molar-refractivity contribution is -0.288. The molecule has 15 rings (SSSR count). The van der Waals surface area contributed by atoms with Crippen LogP contribution in [-0.2, 0) is 22.7 Å². The van der Waals surface area contributed by atoms with Crippen LogP contribution in [0, 0.1) is 155 Å². The third-order valence-electron chi connectivity index (χ3n) is 22.9. The molecule has 0 N–H and O–H groups in total.